The highest BCUT2D eigenvalue weighted by molar-refractivity contribution is 9.10. The molecule has 0 aromatic carbocycles. The molecule has 1 N–H and O–H groups in total. The smallest absolute Gasteiger partial charge is 0.354 e. The molecule has 0 radical (unpaired) electrons. The van der Waals surface area contributed by atoms with Gasteiger partial charge in [-0.05, 0) is 22.4 Å². The number of nitrogens with zero attached hydrogens (tertiary/aromatic N) is 3. The molecule has 6 heteroatoms. The number of carboxylic acids is 1. The van der Waals surface area contributed by atoms with E-state index in [1.54, 1.807) is 12.4 Å². The highest BCUT2D eigenvalue weighted by Crippen LogP contribution is 2.16. The molecule has 2 heterocycles. The van der Waals surface area contributed by atoms with Crippen LogP contribution in [0.3, 0.4) is 0 Å². The minimum absolute atomic E-state index is 0.200. The van der Waals surface area contributed by atoms with E-state index in [9.17, 15) is 4.79 Å². The molecule has 0 fully saturated rings. The maximum atomic E-state index is 11.2. The molecule has 16 heavy (non-hydrogen) atoms. The van der Waals surface area contributed by atoms with E-state index in [1.807, 2.05) is 6.92 Å². The Morgan fingerprint density at radius 1 is 1.62 bits per heavy atom. The monoisotopic (exact) mass is 283 g/mol. The van der Waals surface area contributed by atoms with E-state index < -0.39 is 5.97 Å². The van der Waals surface area contributed by atoms with Crippen LogP contribution >= 0.6 is 15.9 Å². The zero-order valence-electron chi connectivity index (χ0n) is 8.64. The van der Waals surface area contributed by atoms with Gasteiger partial charge in [0.15, 0.2) is 5.69 Å². The second-order valence-electron chi connectivity index (χ2n) is 3.40. The van der Waals surface area contributed by atoms with E-state index in [0.717, 1.165) is 10.9 Å². The van der Waals surface area contributed by atoms with E-state index in [4.69, 9.17) is 5.11 Å². The van der Waals surface area contributed by atoms with Crippen LogP contribution in [0, 0.1) is 0 Å². The van der Waals surface area contributed by atoms with Crippen molar-refractivity contribution in [2.24, 2.45) is 0 Å². The van der Waals surface area contributed by atoms with Crippen molar-refractivity contribution in [2.75, 3.05) is 0 Å². The molecule has 0 amide bonds. The van der Waals surface area contributed by atoms with Gasteiger partial charge in [0.25, 0.3) is 0 Å². The van der Waals surface area contributed by atoms with Crippen molar-refractivity contribution >= 4 is 27.7 Å². The molecule has 2 rings (SSSR count). The lowest BCUT2D eigenvalue weighted by Gasteiger charge is -1.98. The normalized spacial score (nSPS) is 10.9. The molecular weight excluding hydrogens is 274 g/mol. The highest BCUT2D eigenvalue weighted by atomic mass is 79.9. The fourth-order valence-corrected chi connectivity index (χ4v) is 1.90. The van der Waals surface area contributed by atoms with Gasteiger partial charge in [-0.25, -0.2) is 14.8 Å². The summed E-state index contributed by atoms with van der Waals surface area (Å²) in [6, 6.07) is 0. The van der Waals surface area contributed by atoms with Crippen LogP contribution in [0.25, 0.3) is 5.78 Å². The van der Waals surface area contributed by atoms with E-state index >= 15 is 0 Å². The number of carbonyl (C=O) groups is 1. The molecule has 2 aromatic rings. The van der Waals surface area contributed by atoms with Crippen LogP contribution < -0.4 is 0 Å². The van der Waals surface area contributed by atoms with Gasteiger partial charge in [-0.2, -0.15) is 0 Å². The molecule has 0 aliphatic heterocycles. The zero-order chi connectivity index (χ0) is 11.7. The number of aryl methyl sites for hydroxylation is 1. The van der Waals surface area contributed by atoms with Gasteiger partial charge in [0, 0.05) is 12.4 Å². The Labute approximate surface area is 100 Å². The number of imidazole rings is 1. The molecule has 0 spiro atoms. The third-order valence-corrected chi connectivity index (χ3v) is 2.62. The summed E-state index contributed by atoms with van der Waals surface area (Å²) >= 11 is 3.26. The van der Waals surface area contributed by atoms with E-state index in [2.05, 4.69) is 25.9 Å². The van der Waals surface area contributed by atoms with Gasteiger partial charge < -0.3 is 5.11 Å². The van der Waals surface area contributed by atoms with Crippen LogP contribution in [0.1, 0.15) is 29.5 Å². The van der Waals surface area contributed by atoms with Crippen molar-refractivity contribution in [3.8, 4) is 0 Å². The predicted octanol–water partition coefficient (Wildman–Crippen LogP) is 2.14. The molecule has 0 saturated carbocycles. The van der Waals surface area contributed by atoms with Gasteiger partial charge in [-0.15, -0.1) is 0 Å². The number of fused-ring (bicyclic) bond motifs is 1. The van der Waals surface area contributed by atoms with Gasteiger partial charge in [0.2, 0.25) is 5.78 Å². The molecule has 0 atom stereocenters. The number of aromatic nitrogens is 3. The van der Waals surface area contributed by atoms with Crippen molar-refractivity contribution in [3.63, 3.8) is 0 Å². The lowest BCUT2D eigenvalue weighted by atomic mass is 10.2. The fourth-order valence-electron chi connectivity index (χ4n) is 1.59. The number of hydrogen-bond donors (Lipinski definition) is 1. The van der Waals surface area contributed by atoms with Gasteiger partial charge >= 0.3 is 5.97 Å². The Balaban J connectivity index is 2.72. The summed E-state index contributed by atoms with van der Waals surface area (Å²) in [5, 5.41) is 9.17. The second kappa shape index (κ2) is 4.21. The summed E-state index contributed by atoms with van der Waals surface area (Å²) in [6.45, 7) is 1.99. The molecule has 5 nitrogen and oxygen atoms in total. The standard InChI is InChI=1S/C10H10BrN3O2/c1-2-3-7-8(9(15)16)14-5-6(11)4-12-10(14)13-7/h4-5H,2-3H2,1H3,(H,15,16). The van der Waals surface area contributed by atoms with Crippen molar-refractivity contribution < 1.29 is 9.90 Å². The van der Waals surface area contributed by atoms with Crippen LogP contribution in [-0.4, -0.2) is 25.4 Å². The van der Waals surface area contributed by atoms with E-state index in [1.165, 1.54) is 4.40 Å². The first-order chi connectivity index (χ1) is 7.63. The first kappa shape index (κ1) is 11.1. The zero-order valence-corrected chi connectivity index (χ0v) is 10.2. The van der Waals surface area contributed by atoms with Gasteiger partial charge in [0.1, 0.15) is 0 Å². The number of hydrogen-bond acceptors (Lipinski definition) is 3. The van der Waals surface area contributed by atoms with Gasteiger partial charge in [-0.1, -0.05) is 13.3 Å². The summed E-state index contributed by atoms with van der Waals surface area (Å²) in [7, 11) is 0. The number of carboxylic acid groups (broad SMARTS) is 1. The molecule has 0 bridgehead atoms. The average Bonchev–Trinajstić information content (AvgIpc) is 2.55. The Kier molecular flexibility index (Phi) is 2.91. The molecule has 84 valence electrons. The summed E-state index contributed by atoms with van der Waals surface area (Å²) in [5.41, 5.74) is 0.784. The van der Waals surface area contributed by atoms with Crippen molar-refractivity contribution in [1.82, 2.24) is 14.4 Å². The molecule has 0 aliphatic rings. The summed E-state index contributed by atoms with van der Waals surface area (Å²) < 4.78 is 2.22. The van der Waals surface area contributed by atoms with Crippen molar-refractivity contribution in [3.05, 3.63) is 28.3 Å². The SMILES string of the molecule is CCCc1nc2ncc(Br)cn2c1C(=O)O. The van der Waals surface area contributed by atoms with Gasteiger partial charge in [0.05, 0.1) is 10.2 Å². The Morgan fingerprint density at radius 3 is 3.00 bits per heavy atom. The largest absolute Gasteiger partial charge is 0.477 e. The molecule has 0 saturated heterocycles. The summed E-state index contributed by atoms with van der Waals surface area (Å²) in [6.07, 6.45) is 4.76. The third-order valence-electron chi connectivity index (χ3n) is 2.21. The Bertz CT molecular complexity index is 550. The van der Waals surface area contributed by atoms with Crippen LogP contribution in [0.2, 0.25) is 0 Å². The minimum Gasteiger partial charge on any atom is -0.477 e. The molecule has 0 aliphatic carbocycles. The first-order valence-corrected chi connectivity index (χ1v) is 5.68. The molecular formula is C10H10BrN3O2. The van der Waals surface area contributed by atoms with Crippen LogP contribution in [0.15, 0.2) is 16.9 Å². The third kappa shape index (κ3) is 1.80. The molecule has 2 aromatic heterocycles. The Morgan fingerprint density at radius 2 is 2.38 bits per heavy atom. The highest BCUT2D eigenvalue weighted by Gasteiger charge is 2.18. The van der Waals surface area contributed by atoms with E-state index in [-0.39, 0.29) is 5.69 Å². The summed E-state index contributed by atoms with van der Waals surface area (Å²) in [5.74, 6) is -0.556. The van der Waals surface area contributed by atoms with Crippen LogP contribution in [-0.2, 0) is 6.42 Å². The topological polar surface area (TPSA) is 67.5 Å². The number of rotatable bonds is 3. The van der Waals surface area contributed by atoms with Crippen LogP contribution in [0.5, 0.6) is 0 Å². The fraction of sp³-hybridized carbons (Fsp3) is 0.300. The quantitative estimate of drug-likeness (QED) is 0.937. The number of halogens is 1. The number of aromatic carboxylic acids is 1. The first-order valence-electron chi connectivity index (χ1n) is 4.89. The Hall–Kier alpha value is -1.43. The summed E-state index contributed by atoms with van der Waals surface area (Å²) in [4.78, 5) is 19.5. The predicted molar refractivity (Wildman–Crippen MR) is 61.6 cm³/mol. The minimum atomic E-state index is -0.976. The lowest BCUT2D eigenvalue weighted by molar-refractivity contribution is 0.0688. The maximum Gasteiger partial charge on any atom is 0.354 e. The second-order valence-corrected chi connectivity index (χ2v) is 4.32. The maximum absolute atomic E-state index is 11.2. The van der Waals surface area contributed by atoms with Crippen molar-refractivity contribution in [2.45, 2.75) is 19.8 Å². The molecule has 0 unspecified atom stereocenters. The van der Waals surface area contributed by atoms with E-state index in [0.29, 0.717) is 17.9 Å². The lowest BCUT2D eigenvalue weighted by Crippen LogP contribution is -2.05. The van der Waals surface area contributed by atoms with Crippen LogP contribution in [0.4, 0.5) is 0 Å². The van der Waals surface area contributed by atoms with Gasteiger partial charge in [-0.3, -0.25) is 4.40 Å². The van der Waals surface area contributed by atoms with Crippen molar-refractivity contribution in [1.29, 1.82) is 0 Å². The average molecular weight is 284 g/mol.